The third-order valence-electron chi connectivity index (χ3n) is 2.63. The van der Waals surface area contributed by atoms with Gasteiger partial charge < -0.3 is 11.1 Å². The zero-order valence-corrected chi connectivity index (χ0v) is 9.57. The molecule has 2 heterocycles. The van der Waals surface area contributed by atoms with Crippen molar-refractivity contribution in [2.75, 3.05) is 23.3 Å². The Kier molecular flexibility index (Phi) is 2.95. The third-order valence-corrected chi connectivity index (χ3v) is 4.90. The Labute approximate surface area is 94.2 Å². The van der Waals surface area contributed by atoms with Crippen LogP contribution in [-0.4, -0.2) is 35.9 Å². The van der Waals surface area contributed by atoms with E-state index in [0.29, 0.717) is 24.7 Å². The first-order valence-corrected chi connectivity index (χ1v) is 6.83. The molecule has 88 valence electrons. The van der Waals surface area contributed by atoms with E-state index in [0.717, 1.165) is 6.42 Å². The van der Waals surface area contributed by atoms with Crippen LogP contribution in [0.5, 0.6) is 0 Å². The highest BCUT2D eigenvalue weighted by atomic mass is 32.2. The van der Waals surface area contributed by atoms with E-state index in [4.69, 9.17) is 5.73 Å². The maximum absolute atomic E-state index is 11.5. The summed E-state index contributed by atoms with van der Waals surface area (Å²) in [5.74, 6) is 1.03. The Balaban J connectivity index is 1.98. The Bertz CT molecular complexity index is 474. The molecule has 1 aromatic rings. The highest BCUT2D eigenvalue weighted by molar-refractivity contribution is 7.92. The number of nitrogens with zero attached hydrogens (tertiary/aromatic N) is 2. The molecule has 1 aromatic heterocycles. The molecule has 0 amide bonds. The van der Waals surface area contributed by atoms with Gasteiger partial charge in [-0.3, -0.25) is 0 Å². The topological polar surface area (TPSA) is 98.0 Å². The number of sulfone groups is 1. The number of aromatic nitrogens is 2. The minimum atomic E-state index is -2.92. The molecule has 0 saturated carbocycles. The SMILES string of the molecule is Nc1ccnc(NCC2CCCS2(=O)=O)n1. The molecule has 7 heteroatoms. The lowest BCUT2D eigenvalue weighted by Crippen LogP contribution is -2.25. The van der Waals surface area contributed by atoms with Crippen molar-refractivity contribution in [1.29, 1.82) is 0 Å². The van der Waals surface area contributed by atoms with Gasteiger partial charge in [0.2, 0.25) is 5.95 Å². The molecular weight excluding hydrogens is 228 g/mol. The summed E-state index contributed by atoms with van der Waals surface area (Å²) in [7, 11) is -2.92. The van der Waals surface area contributed by atoms with Gasteiger partial charge in [-0.25, -0.2) is 13.4 Å². The number of anilines is 2. The summed E-state index contributed by atoms with van der Waals surface area (Å²) in [6, 6.07) is 1.58. The standard InChI is InChI=1S/C9H14N4O2S/c10-8-3-4-11-9(13-8)12-6-7-2-1-5-16(7,14)15/h3-4,7H,1-2,5-6H2,(H3,10,11,12,13). The number of nitrogen functional groups attached to an aromatic ring is 1. The van der Waals surface area contributed by atoms with Gasteiger partial charge in [0, 0.05) is 12.7 Å². The van der Waals surface area contributed by atoms with Crippen molar-refractivity contribution < 1.29 is 8.42 Å². The Morgan fingerprint density at radius 2 is 2.38 bits per heavy atom. The summed E-state index contributed by atoms with van der Waals surface area (Å²) < 4.78 is 23.1. The van der Waals surface area contributed by atoms with Crippen LogP contribution < -0.4 is 11.1 Å². The summed E-state index contributed by atoms with van der Waals surface area (Å²) >= 11 is 0. The van der Waals surface area contributed by atoms with E-state index in [1.54, 1.807) is 6.07 Å². The molecule has 16 heavy (non-hydrogen) atoms. The van der Waals surface area contributed by atoms with Gasteiger partial charge in [0.1, 0.15) is 5.82 Å². The minimum absolute atomic E-state index is 0.289. The van der Waals surface area contributed by atoms with Crippen molar-refractivity contribution >= 4 is 21.6 Å². The number of hydrogen-bond donors (Lipinski definition) is 2. The molecule has 1 aliphatic rings. The maximum Gasteiger partial charge on any atom is 0.224 e. The average molecular weight is 242 g/mol. The summed E-state index contributed by atoms with van der Waals surface area (Å²) in [5.41, 5.74) is 5.49. The van der Waals surface area contributed by atoms with Crippen LogP contribution in [0, 0.1) is 0 Å². The van der Waals surface area contributed by atoms with E-state index in [2.05, 4.69) is 15.3 Å². The fourth-order valence-corrected chi connectivity index (χ4v) is 3.52. The van der Waals surface area contributed by atoms with Crippen LogP contribution in [0.2, 0.25) is 0 Å². The summed E-state index contributed by atoms with van der Waals surface area (Å²) in [6.45, 7) is 0.353. The normalized spacial score (nSPS) is 23.1. The van der Waals surface area contributed by atoms with E-state index in [1.165, 1.54) is 6.20 Å². The van der Waals surface area contributed by atoms with E-state index in [-0.39, 0.29) is 11.0 Å². The third kappa shape index (κ3) is 2.41. The molecule has 1 fully saturated rings. The minimum Gasteiger partial charge on any atom is -0.384 e. The highest BCUT2D eigenvalue weighted by Crippen LogP contribution is 2.19. The summed E-state index contributed by atoms with van der Waals surface area (Å²) in [6.07, 6.45) is 2.98. The first kappa shape index (κ1) is 11.1. The molecule has 0 spiro atoms. The average Bonchev–Trinajstić information content (AvgIpc) is 2.55. The lowest BCUT2D eigenvalue weighted by Gasteiger charge is -2.10. The highest BCUT2D eigenvalue weighted by Gasteiger charge is 2.30. The Hall–Kier alpha value is -1.37. The smallest absolute Gasteiger partial charge is 0.224 e. The Morgan fingerprint density at radius 1 is 1.56 bits per heavy atom. The second kappa shape index (κ2) is 4.25. The van der Waals surface area contributed by atoms with Gasteiger partial charge in [0.25, 0.3) is 0 Å². The van der Waals surface area contributed by atoms with Crippen LogP contribution in [0.1, 0.15) is 12.8 Å². The zero-order chi connectivity index (χ0) is 11.6. The molecule has 0 bridgehead atoms. The van der Waals surface area contributed by atoms with E-state index < -0.39 is 9.84 Å². The van der Waals surface area contributed by atoms with Crippen molar-refractivity contribution in [3.05, 3.63) is 12.3 Å². The monoisotopic (exact) mass is 242 g/mol. The summed E-state index contributed by atoms with van der Waals surface area (Å²) in [4.78, 5) is 7.89. The van der Waals surface area contributed by atoms with Crippen LogP contribution >= 0.6 is 0 Å². The van der Waals surface area contributed by atoms with Gasteiger partial charge in [0.05, 0.1) is 11.0 Å². The van der Waals surface area contributed by atoms with Crippen LogP contribution in [0.25, 0.3) is 0 Å². The zero-order valence-electron chi connectivity index (χ0n) is 8.76. The molecule has 1 atom stereocenters. The largest absolute Gasteiger partial charge is 0.384 e. The maximum atomic E-state index is 11.5. The lowest BCUT2D eigenvalue weighted by atomic mass is 10.2. The molecule has 3 N–H and O–H groups in total. The van der Waals surface area contributed by atoms with Crippen molar-refractivity contribution in [3.8, 4) is 0 Å². The molecule has 1 aliphatic heterocycles. The molecule has 1 unspecified atom stereocenters. The molecule has 0 aliphatic carbocycles. The fourth-order valence-electron chi connectivity index (χ4n) is 1.75. The van der Waals surface area contributed by atoms with Gasteiger partial charge in [-0.05, 0) is 18.9 Å². The predicted octanol–water partition coefficient (Wildman–Crippen LogP) is 0.0479. The Morgan fingerprint density at radius 3 is 3.00 bits per heavy atom. The molecule has 2 rings (SSSR count). The molecular formula is C9H14N4O2S. The fraction of sp³-hybridized carbons (Fsp3) is 0.556. The summed E-state index contributed by atoms with van der Waals surface area (Å²) in [5, 5.41) is 2.58. The van der Waals surface area contributed by atoms with Gasteiger partial charge in [0.15, 0.2) is 9.84 Å². The molecule has 1 saturated heterocycles. The van der Waals surface area contributed by atoms with Crippen LogP contribution in [0.4, 0.5) is 11.8 Å². The van der Waals surface area contributed by atoms with Gasteiger partial charge in [-0.2, -0.15) is 4.98 Å². The van der Waals surface area contributed by atoms with Gasteiger partial charge >= 0.3 is 0 Å². The van der Waals surface area contributed by atoms with E-state index in [1.807, 2.05) is 0 Å². The van der Waals surface area contributed by atoms with Crippen molar-refractivity contribution in [3.63, 3.8) is 0 Å². The van der Waals surface area contributed by atoms with Crippen LogP contribution in [0.3, 0.4) is 0 Å². The van der Waals surface area contributed by atoms with Crippen molar-refractivity contribution in [2.24, 2.45) is 0 Å². The second-order valence-electron chi connectivity index (χ2n) is 3.82. The van der Waals surface area contributed by atoms with Crippen LogP contribution in [-0.2, 0) is 9.84 Å². The molecule has 6 nitrogen and oxygen atoms in total. The second-order valence-corrected chi connectivity index (χ2v) is 6.22. The predicted molar refractivity (Wildman–Crippen MR) is 61.7 cm³/mol. The first-order valence-electron chi connectivity index (χ1n) is 5.12. The first-order chi connectivity index (χ1) is 7.58. The lowest BCUT2D eigenvalue weighted by molar-refractivity contribution is 0.591. The van der Waals surface area contributed by atoms with Crippen molar-refractivity contribution in [1.82, 2.24) is 9.97 Å². The molecule has 0 aromatic carbocycles. The quantitative estimate of drug-likeness (QED) is 0.777. The van der Waals surface area contributed by atoms with Gasteiger partial charge in [-0.1, -0.05) is 0 Å². The van der Waals surface area contributed by atoms with E-state index >= 15 is 0 Å². The van der Waals surface area contributed by atoms with Crippen LogP contribution in [0.15, 0.2) is 12.3 Å². The molecule has 0 radical (unpaired) electrons. The van der Waals surface area contributed by atoms with E-state index in [9.17, 15) is 8.42 Å². The number of nitrogens with one attached hydrogen (secondary N) is 1. The number of hydrogen-bond acceptors (Lipinski definition) is 6. The van der Waals surface area contributed by atoms with Gasteiger partial charge in [-0.15, -0.1) is 0 Å². The number of nitrogens with two attached hydrogens (primary N) is 1. The number of rotatable bonds is 3. The van der Waals surface area contributed by atoms with Crippen molar-refractivity contribution in [2.45, 2.75) is 18.1 Å².